The van der Waals surface area contributed by atoms with Crippen molar-refractivity contribution in [2.24, 2.45) is 23.7 Å². The van der Waals surface area contributed by atoms with Crippen LogP contribution < -0.4 is 5.32 Å². The van der Waals surface area contributed by atoms with Gasteiger partial charge in [-0.2, -0.15) is 0 Å². The van der Waals surface area contributed by atoms with Gasteiger partial charge in [0.05, 0.1) is 33.9 Å². The minimum absolute atomic E-state index is 0.805. The second-order valence-corrected chi connectivity index (χ2v) is 13.6. The van der Waals surface area contributed by atoms with Crippen LogP contribution in [0.3, 0.4) is 0 Å². The highest BCUT2D eigenvalue weighted by molar-refractivity contribution is 5.89. The van der Waals surface area contributed by atoms with E-state index in [1.807, 2.05) is 0 Å². The number of nitrogens with one attached hydrogen (secondary N) is 1. The quantitative estimate of drug-likeness (QED) is 0.120. The lowest BCUT2D eigenvalue weighted by molar-refractivity contribution is -0.469. The second-order valence-electron chi connectivity index (χ2n) is 13.6. The summed E-state index contributed by atoms with van der Waals surface area (Å²) < 4.78 is 2.09. The van der Waals surface area contributed by atoms with Crippen LogP contribution in [0.25, 0.3) is 11.1 Å². The van der Waals surface area contributed by atoms with Gasteiger partial charge in [0.1, 0.15) is 0 Å². The fraction of sp³-hybridized carbons (Fsp3) is 0.649. The summed E-state index contributed by atoms with van der Waals surface area (Å²) in [5, 5.41) is 3.50. The minimum Gasteiger partial charge on any atom is -0.270 e. The van der Waals surface area contributed by atoms with E-state index in [2.05, 4.69) is 126 Å². The number of nitrogens with zero attached hydrogens (tertiary/aromatic N) is 2. The number of hydrogen-bond acceptors (Lipinski definition) is 0. The Morgan fingerprint density at radius 3 is 1.48 bits per heavy atom. The van der Waals surface area contributed by atoms with Crippen LogP contribution in [0, 0.1) is 23.7 Å². The van der Waals surface area contributed by atoms with Gasteiger partial charge < -0.3 is 0 Å². The molecule has 3 nitrogen and oxygen atoms in total. The zero-order valence-electron chi connectivity index (χ0n) is 27.6. The van der Waals surface area contributed by atoms with Gasteiger partial charge in [-0.3, -0.25) is 9.48 Å². The third kappa shape index (κ3) is 13.4. The summed E-state index contributed by atoms with van der Waals surface area (Å²) in [4.78, 5) is 2.09. The molecule has 0 bridgehead atoms. The lowest BCUT2D eigenvalue weighted by atomic mass is 9.90. The Labute approximate surface area is 248 Å². The summed E-state index contributed by atoms with van der Waals surface area (Å²) in [6, 6.07) is 18.0. The van der Waals surface area contributed by atoms with Crippen molar-refractivity contribution in [2.45, 2.75) is 105 Å². The Bertz CT molecular complexity index is 967. The Morgan fingerprint density at radius 1 is 0.625 bits per heavy atom. The third-order valence-corrected chi connectivity index (χ3v) is 8.47. The number of hydrogen-bond donors (Lipinski definition) is 1. The number of benzene rings is 2. The van der Waals surface area contributed by atoms with Crippen LogP contribution in [0.1, 0.15) is 104 Å². The molecule has 3 heteroatoms. The van der Waals surface area contributed by atoms with Crippen LogP contribution >= 0.6 is 0 Å². The lowest BCUT2D eigenvalue weighted by Gasteiger charge is -2.16. The fourth-order valence-corrected chi connectivity index (χ4v) is 5.71. The van der Waals surface area contributed by atoms with Crippen LogP contribution in [-0.2, 0) is 6.42 Å². The van der Waals surface area contributed by atoms with Crippen molar-refractivity contribution in [1.82, 2.24) is 4.90 Å². The standard InChI is InChI=1S/C37H61N3/c1-29(2)13-10-14-30(3)15-11-16-31(4)17-12-18-32(5)19-20-33-21-23-34(24-22-33)35-25-27-36(28-26-35)38-37(39(6)7)40(8)9/h21-32H,10-20H2,1-9H3/p+1. The van der Waals surface area contributed by atoms with E-state index in [0.717, 1.165) is 35.3 Å². The van der Waals surface area contributed by atoms with Gasteiger partial charge in [-0.1, -0.05) is 129 Å². The highest BCUT2D eigenvalue weighted by Gasteiger charge is 2.12. The highest BCUT2D eigenvalue weighted by atomic mass is 15.3. The summed E-state index contributed by atoms with van der Waals surface area (Å²) in [6.45, 7) is 12.1. The lowest BCUT2D eigenvalue weighted by Crippen LogP contribution is -2.36. The molecule has 1 N–H and O–H groups in total. The van der Waals surface area contributed by atoms with Gasteiger partial charge in [-0.05, 0) is 65.3 Å². The topological polar surface area (TPSA) is 18.3 Å². The molecule has 0 aliphatic rings. The molecular weight excluding hydrogens is 486 g/mol. The van der Waals surface area contributed by atoms with Crippen molar-refractivity contribution in [1.29, 1.82) is 0 Å². The van der Waals surface area contributed by atoms with Crippen molar-refractivity contribution < 1.29 is 4.58 Å². The maximum Gasteiger partial charge on any atom is 0.352 e. The zero-order chi connectivity index (χ0) is 29.5. The molecule has 3 atom stereocenters. The maximum atomic E-state index is 3.50. The predicted octanol–water partition coefficient (Wildman–Crippen LogP) is 9.96. The van der Waals surface area contributed by atoms with E-state index >= 15 is 0 Å². The van der Waals surface area contributed by atoms with Gasteiger partial charge in [0.15, 0.2) is 0 Å². The average Bonchev–Trinajstić information content (AvgIpc) is 2.90. The fourth-order valence-electron chi connectivity index (χ4n) is 5.71. The first-order chi connectivity index (χ1) is 19.0. The summed E-state index contributed by atoms with van der Waals surface area (Å²) in [7, 11) is 8.22. The number of rotatable bonds is 17. The molecule has 0 aliphatic heterocycles. The van der Waals surface area contributed by atoms with Gasteiger partial charge in [0.2, 0.25) is 0 Å². The molecule has 0 radical (unpaired) electrons. The first kappa shape index (κ1) is 33.9. The van der Waals surface area contributed by atoms with E-state index in [-0.39, 0.29) is 0 Å². The highest BCUT2D eigenvalue weighted by Crippen LogP contribution is 2.25. The predicted molar refractivity (Wildman–Crippen MR) is 179 cm³/mol. The van der Waals surface area contributed by atoms with E-state index in [4.69, 9.17) is 0 Å². The molecule has 0 aromatic heterocycles. The number of aryl methyl sites for hydroxylation is 1. The van der Waals surface area contributed by atoms with Gasteiger partial charge in [-0.15, -0.1) is 0 Å². The van der Waals surface area contributed by atoms with Gasteiger partial charge in [-0.25, -0.2) is 5.32 Å². The molecule has 2 rings (SSSR count). The molecule has 0 aliphatic carbocycles. The van der Waals surface area contributed by atoms with E-state index in [9.17, 15) is 0 Å². The monoisotopic (exact) mass is 548 g/mol. The van der Waals surface area contributed by atoms with Crippen LogP contribution in [-0.4, -0.2) is 43.6 Å². The normalized spacial score (nSPS) is 13.7. The summed E-state index contributed by atoms with van der Waals surface area (Å²) in [5.74, 6) is 4.52. The van der Waals surface area contributed by atoms with Gasteiger partial charge in [0.25, 0.3) is 0 Å². The van der Waals surface area contributed by atoms with Crippen LogP contribution in [0.5, 0.6) is 0 Å². The molecule has 40 heavy (non-hydrogen) atoms. The summed E-state index contributed by atoms with van der Waals surface area (Å²) in [5.41, 5.74) is 5.10. The SMILES string of the molecule is CC(C)CCCC(C)CCCC(C)CCCC(C)CCc1ccc(-c2ccc(NC(N(C)C)=[N+](C)C)cc2)cc1. The molecule has 224 valence electrons. The molecule has 0 fully saturated rings. The van der Waals surface area contributed by atoms with E-state index in [1.165, 1.54) is 87.3 Å². The minimum atomic E-state index is 0.805. The van der Waals surface area contributed by atoms with Crippen LogP contribution in [0.4, 0.5) is 5.69 Å². The van der Waals surface area contributed by atoms with Crippen molar-refractivity contribution in [3.05, 3.63) is 54.1 Å². The third-order valence-electron chi connectivity index (χ3n) is 8.47. The average molecular weight is 549 g/mol. The van der Waals surface area contributed by atoms with E-state index < -0.39 is 0 Å². The molecule has 2 aromatic rings. The van der Waals surface area contributed by atoms with Crippen LogP contribution in [0.15, 0.2) is 48.5 Å². The van der Waals surface area contributed by atoms with E-state index in [1.54, 1.807) is 0 Å². The summed E-state index contributed by atoms with van der Waals surface area (Å²) >= 11 is 0. The Balaban J connectivity index is 1.66. The second kappa shape index (κ2) is 18.2. The molecule has 3 unspecified atom stereocenters. The molecule has 0 spiro atoms. The largest absolute Gasteiger partial charge is 0.352 e. The van der Waals surface area contributed by atoms with Crippen molar-refractivity contribution in [2.75, 3.05) is 33.5 Å². The van der Waals surface area contributed by atoms with Crippen molar-refractivity contribution >= 4 is 11.6 Å². The Hall–Kier alpha value is -2.29. The summed E-state index contributed by atoms with van der Waals surface area (Å²) in [6.07, 6.45) is 15.1. The number of anilines is 1. The molecule has 2 aromatic carbocycles. The number of guanidine groups is 1. The van der Waals surface area contributed by atoms with Crippen molar-refractivity contribution in [3.8, 4) is 11.1 Å². The first-order valence-electron chi connectivity index (χ1n) is 16.2. The smallest absolute Gasteiger partial charge is 0.270 e. The first-order valence-corrected chi connectivity index (χ1v) is 16.2. The zero-order valence-corrected chi connectivity index (χ0v) is 27.6. The Morgan fingerprint density at radius 2 is 1.05 bits per heavy atom. The van der Waals surface area contributed by atoms with Gasteiger partial charge >= 0.3 is 5.96 Å². The molecule has 0 heterocycles. The van der Waals surface area contributed by atoms with E-state index in [0.29, 0.717) is 0 Å². The maximum absolute atomic E-state index is 3.50. The van der Waals surface area contributed by atoms with Crippen LogP contribution in [0.2, 0.25) is 0 Å². The molecule has 0 saturated heterocycles. The molecule has 0 amide bonds. The van der Waals surface area contributed by atoms with Gasteiger partial charge in [0, 0.05) is 0 Å². The Kier molecular flexibility index (Phi) is 15.4. The molecule has 0 saturated carbocycles. The van der Waals surface area contributed by atoms with Crippen molar-refractivity contribution in [3.63, 3.8) is 0 Å². The molecular formula is C37H62N3+.